The highest BCUT2D eigenvalue weighted by Gasteiger charge is 2.36. The zero-order valence-corrected chi connectivity index (χ0v) is 13.2. The Kier molecular flexibility index (Phi) is 5.67. The van der Waals surface area contributed by atoms with Crippen molar-refractivity contribution >= 4 is 0 Å². The van der Waals surface area contributed by atoms with Gasteiger partial charge in [-0.05, 0) is 46.2 Å². The van der Waals surface area contributed by atoms with Gasteiger partial charge >= 0.3 is 0 Å². The van der Waals surface area contributed by atoms with Crippen LogP contribution in [0.25, 0.3) is 0 Å². The number of rotatable bonds is 5. The molecular formula is C16H33N3. The molecule has 3 heteroatoms. The third kappa shape index (κ3) is 4.17. The van der Waals surface area contributed by atoms with Gasteiger partial charge in [0, 0.05) is 37.8 Å². The van der Waals surface area contributed by atoms with E-state index in [1.54, 1.807) is 0 Å². The molecule has 0 spiro atoms. The molecule has 1 atom stereocenters. The maximum atomic E-state index is 3.70. The summed E-state index contributed by atoms with van der Waals surface area (Å²) in [5.41, 5.74) is 0.294. The summed E-state index contributed by atoms with van der Waals surface area (Å²) in [5.74, 6) is 0. The van der Waals surface area contributed by atoms with E-state index in [4.69, 9.17) is 0 Å². The van der Waals surface area contributed by atoms with Crippen molar-refractivity contribution in [1.29, 1.82) is 0 Å². The summed E-state index contributed by atoms with van der Waals surface area (Å²) in [7, 11) is 0. The first-order chi connectivity index (χ1) is 9.13. The maximum Gasteiger partial charge on any atom is 0.0280 e. The molecule has 1 N–H and O–H groups in total. The maximum absolute atomic E-state index is 3.70. The van der Waals surface area contributed by atoms with Gasteiger partial charge in [0.05, 0.1) is 0 Å². The van der Waals surface area contributed by atoms with Gasteiger partial charge in [-0.2, -0.15) is 0 Å². The molecule has 2 heterocycles. The van der Waals surface area contributed by atoms with Crippen molar-refractivity contribution in [3.05, 3.63) is 0 Å². The Morgan fingerprint density at radius 3 is 2.47 bits per heavy atom. The van der Waals surface area contributed by atoms with Gasteiger partial charge < -0.3 is 10.2 Å². The number of nitrogens with one attached hydrogen (secondary N) is 1. The van der Waals surface area contributed by atoms with Gasteiger partial charge in [-0.25, -0.2) is 0 Å². The molecular weight excluding hydrogens is 234 g/mol. The van der Waals surface area contributed by atoms with Crippen molar-refractivity contribution in [2.45, 2.75) is 64.5 Å². The predicted molar refractivity (Wildman–Crippen MR) is 82.6 cm³/mol. The van der Waals surface area contributed by atoms with Gasteiger partial charge in [-0.3, -0.25) is 4.90 Å². The van der Waals surface area contributed by atoms with E-state index in [0.717, 1.165) is 6.04 Å². The molecule has 0 radical (unpaired) electrons. The van der Waals surface area contributed by atoms with E-state index in [0.29, 0.717) is 5.54 Å². The molecule has 3 nitrogen and oxygen atoms in total. The second-order valence-electron chi connectivity index (χ2n) is 6.89. The van der Waals surface area contributed by atoms with Crippen LogP contribution >= 0.6 is 0 Å². The molecule has 0 amide bonds. The fourth-order valence-corrected chi connectivity index (χ4v) is 3.71. The molecule has 2 saturated heterocycles. The number of nitrogens with zero attached hydrogens (tertiary/aromatic N) is 2. The first-order valence-electron chi connectivity index (χ1n) is 8.35. The third-order valence-corrected chi connectivity index (χ3v) is 4.99. The molecule has 0 aromatic rings. The van der Waals surface area contributed by atoms with Crippen molar-refractivity contribution in [3.8, 4) is 0 Å². The van der Waals surface area contributed by atoms with Crippen LogP contribution in [0.15, 0.2) is 0 Å². The summed E-state index contributed by atoms with van der Waals surface area (Å²) in [5, 5.41) is 3.70. The molecule has 2 rings (SSSR count). The summed E-state index contributed by atoms with van der Waals surface area (Å²) in [4.78, 5) is 5.40. The number of unbranched alkanes of at least 4 members (excludes halogenated alkanes) is 2. The Labute approximate surface area is 119 Å². The molecule has 0 aromatic heterocycles. The van der Waals surface area contributed by atoms with Crippen molar-refractivity contribution in [1.82, 2.24) is 15.1 Å². The lowest BCUT2D eigenvalue weighted by atomic mass is 9.85. The van der Waals surface area contributed by atoms with Crippen LogP contribution in [0, 0.1) is 0 Å². The molecule has 2 aliphatic heterocycles. The normalized spacial score (nSPS) is 29.5. The SMILES string of the molecule is CCCCCN1CCN(C2CCCNC2(C)C)CC1. The average Bonchev–Trinajstić information content (AvgIpc) is 2.40. The molecule has 2 aliphatic rings. The first-order valence-corrected chi connectivity index (χ1v) is 8.35. The standard InChI is InChI=1S/C16H33N3/c1-4-5-6-10-18-11-13-19(14-12-18)15-8-7-9-17-16(15,2)3/h15,17H,4-14H2,1-3H3. The molecule has 0 bridgehead atoms. The van der Waals surface area contributed by atoms with Crippen LogP contribution in [-0.4, -0.2) is 60.6 Å². The van der Waals surface area contributed by atoms with Crippen LogP contribution in [0.1, 0.15) is 52.9 Å². The molecule has 19 heavy (non-hydrogen) atoms. The zero-order valence-electron chi connectivity index (χ0n) is 13.2. The molecule has 1 unspecified atom stereocenters. The predicted octanol–water partition coefficient (Wildman–Crippen LogP) is 2.32. The van der Waals surface area contributed by atoms with Gasteiger partial charge in [0.1, 0.15) is 0 Å². The number of hydrogen-bond donors (Lipinski definition) is 1. The molecule has 2 fully saturated rings. The van der Waals surface area contributed by atoms with Gasteiger partial charge in [-0.15, -0.1) is 0 Å². The Hall–Kier alpha value is -0.120. The molecule has 112 valence electrons. The van der Waals surface area contributed by atoms with Crippen LogP contribution in [0.4, 0.5) is 0 Å². The summed E-state index contributed by atoms with van der Waals surface area (Å²) in [6.45, 7) is 14.6. The summed E-state index contributed by atoms with van der Waals surface area (Å²) >= 11 is 0. The second kappa shape index (κ2) is 7.05. The Morgan fingerprint density at radius 2 is 1.84 bits per heavy atom. The van der Waals surface area contributed by atoms with Crippen molar-refractivity contribution in [3.63, 3.8) is 0 Å². The minimum atomic E-state index is 0.294. The van der Waals surface area contributed by atoms with E-state index < -0.39 is 0 Å². The number of hydrogen-bond acceptors (Lipinski definition) is 3. The highest BCUT2D eigenvalue weighted by molar-refractivity contribution is 4.97. The summed E-state index contributed by atoms with van der Waals surface area (Å²) < 4.78 is 0. The van der Waals surface area contributed by atoms with Crippen LogP contribution in [-0.2, 0) is 0 Å². The number of piperazine rings is 1. The van der Waals surface area contributed by atoms with Gasteiger partial charge in [0.15, 0.2) is 0 Å². The van der Waals surface area contributed by atoms with Crippen LogP contribution < -0.4 is 5.32 Å². The van der Waals surface area contributed by atoms with Gasteiger partial charge in [-0.1, -0.05) is 19.8 Å². The van der Waals surface area contributed by atoms with E-state index in [1.807, 2.05) is 0 Å². The van der Waals surface area contributed by atoms with Crippen LogP contribution in [0.2, 0.25) is 0 Å². The Morgan fingerprint density at radius 1 is 1.11 bits per heavy atom. The molecule has 0 aliphatic carbocycles. The minimum absolute atomic E-state index is 0.294. The largest absolute Gasteiger partial charge is 0.310 e. The zero-order chi connectivity index (χ0) is 13.7. The lowest BCUT2D eigenvalue weighted by Crippen LogP contribution is -2.63. The van der Waals surface area contributed by atoms with Gasteiger partial charge in [0.2, 0.25) is 0 Å². The summed E-state index contributed by atoms with van der Waals surface area (Å²) in [6.07, 6.45) is 6.81. The van der Waals surface area contributed by atoms with Crippen molar-refractivity contribution < 1.29 is 0 Å². The second-order valence-corrected chi connectivity index (χ2v) is 6.89. The van der Waals surface area contributed by atoms with E-state index >= 15 is 0 Å². The molecule has 0 aromatic carbocycles. The number of piperidine rings is 1. The lowest BCUT2D eigenvalue weighted by Gasteiger charge is -2.48. The minimum Gasteiger partial charge on any atom is -0.310 e. The van der Waals surface area contributed by atoms with E-state index in [-0.39, 0.29) is 0 Å². The highest BCUT2D eigenvalue weighted by atomic mass is 15.3. The van der Waals surface area contributed by atoms with E-state index in [9.17, 15) is 0 Å². The molecule has 0 saturated carbocycles. The van der Waals surface area contributed by atoms with Crippen LogP contribution in [0.5, 0.6) is 0 Å². The Bertz CT molecular complexity index is 257. The van der Waals surface area contributed by atoms with Crippen molar-refractivity contribution in [2.75, 3.05) is 39.3 Å². The summed E-state index contributed by atoms with van der Waals surface area (Å²) in [6, 6.07) is 0.735. The van der Waals surface area contributed by atoms with E-state index in [1.165, 1.54) is 71.4 Å². The van der Waals surface area contributed by atoms with Crippen molar-refractivity contribution in [2.24, 2.45) is 0 Å². The quantitative estimate of drug-likeness (QED) is 0.771. The van der Waals surface area contributed by atoms with E-state index in [2.05, 4.69) is 35.9 Å². The van der Waals surface area contributed by atoms with Crippen LogP contribution in [0.3, 0.4) is 0 Å². The fraction of sp³-hybridized carbons (Fsp3) is 1.00. The smallest absolute Gasteiger partial charge is 0.0280 e. The fourth-order valence-electron chi connectivity index (χ4n) is 3.71. The van der Waals surface area contributed by atoms with Gasteiger partial charge in [0.25, 0.3) is 0 Å². The third-order valence-electron chi connectivity index (χ3n) is 4.99. The topological polar surface area (TPSA) is 18.5 Å². The Balaban J connectivity index is 1.76. The average molecular weight is 267 g/mol. The first kappa shape index (κ1) is 15.3. The lowest BCUT2D eigenvalue weighted by molar-refractivity contribution is 0.0382. The highest BCUT2D eigenvalue weighted by Crippen LogP contribution is 2.25. The monoisotopic (exact) mass is 267 g/mol.